The normalized spacial score (nSPS) is 13.0. The first kappa shape index (κ1) is 12.9. The molecule has 2 aromatic rings. The van der Waals surface area contributed by atoms with E-state index in [4.69, 9.17) is 0 Å². The summed E-state index contributed by atoms with van der Waals surface area (Å²) >= 11 is 0. The predicted molar refractivity (Wildman–Crippen MR) is 65.4 cm³/mol. The summed E-state index contributed by atoms with van der Waals surface area (Å²) in [5.74, 6) is 0. The van der Waals surface area contributed by atoms with Crippen LogP contribution in [0.2, 0.25) is 0 Å². The maximum absolute atomic E-state index is 12.9. The summed E-state index contributed by atoms with van der Waals surface area (Å²) in [5.41, 5.74) is 0.00734. The van der Waals surface area contributed by atoms with Crippen LogP contribution in [0.4, 0.5) is 13.2 Å². The first-order chi connectivity index (χ1) is 8.21. The van der Waals surface area contributed by atoms with Crippen molar-refractivity contribution < 1.29 is 13.2 Å². The molecule has 0 atom stereocenters. The van der Waals surface area contributed by atoms with Gasteiger partial charge in [-0.15, -0.1) is 0 Å². The van der Waals surface area contributed by atoms with Crippen LogP contribution in [0.1, 0.15) is 31.9 Å². The highest BCUT2D eigenvalue weighted by Gasteiger charge is 2.33. The van der Waals surface area contributed by atoms with Crippen molar-refractivity contribution in [2.24, 2.45) is 0 Å². The molecule has 0 aliphatic rings. The van der Waals surface area contributed by atoms with Crippen LogP contribution in [0.15, 0.2) is 30.5 Å². The lowest BCUT2D eigenvalue weighted by Crippen LogP contribution is -2.13. The number of hydrogen-bond donors (Lipinski definition) is 0. The van der Waals surface area contributed by atoms with E-state index in [0.29, 0.717) is 5.39 Å². The SMILES string of the molecule is CC(C)(C)c1ccnc2c(C(F)(F)F)cccc12. The summed E-state index contributed by atoms with van der Waals surface area (Å²) in [4.78, 5) is 3.90. The van der Waals surface area contributed by atoms with Gasteiger partial charge in [0.25, 0.3) is 0 Å². The maximum atomic E-state index is 12.9. The van der Waals surface area contributed by atoms with E-state index in [1.165, 1.54) is 12.3 Å². The van der Waals surface area contributed by atoms with Crippen LogP contribution in [-0.4, -0.2) is 4.98 Å². The van der Waals surface area contributed by atoms with Gasteiger partial charge in [-0.05, 0) is 23.1 Å². The van der Waals surface area contributed by atoms with Crippen LogP contribution in [-0.2, 0) is 11.6 Å². The van der Waals surface area contributed by atoms with Crippen LogP contribution in [0.3, 0.4) is 0 Å². The Labute approximate surface area is 104 Å². The van der Waals surface area contributed by atoms with Crippen LogP contribution in [0.5, 0.6) is 0 Å². The van der Waals surface area contributed by atoms with E-state index in [1.54, 1.807) is 12.1 Å². The molecule has 18 heavy (non-hydrogen) atoms. The zero-order valence-electron chi connectivity index (χ0n) is 10.5. The van der Waals surface area contributed by atoms with E-state index in [2.05, 4.69) is 4.98 Å². The van der Waals surface area contributed by atoms with Gasteiger partial charge in [-0.2, -0.15) is 13.2 Å². The molecule has 0 saturated heterocycles. The average molecular weight is 253 g/mol. The molecule has 0 unspecified atom stereocenters. The second kappa shape index (κ2) is 3.97. The average Bonchev–Trinajstić information content (AvgIpc) is 2.24. The first-order valence-electron chi connectivity index (χ1n) is 5.66. The van der Waals surface area contributed by atoms with Crippen LogP contribution < -0.4 is 0 Å². The molecule has 4 heteroatoms. The Hall–Kier alpha value is -1.58. The molecular weight excluding hydrogens is 239 g/mol. The number of halogens is 3. The highest BCUT2D eigenvalue weighted by Crippen LogP contribution is 2.36. The van der Waals surface area contributed by atoms with Gasteiger partial charge in [-0.25, -0.2) is 0 Å². The summed E-state index contributed by atoms with van der Waals surface area (Å²) in [5, 5.41) is 0.569. The number of pyridine rings is 1. The lowest BCUT2D eigenvalue weighted by Gasteiger charge is -2.21. The molecule has 1 aromatic heterocycles. The minimum atomic E-state index is -4.37. The number of aromatic nitrogens is 1. The molecule has 0 spiro atoms. The summed E-state index contributed by atoms with van der Waals surface area (Å²) in [6, 6.07) is 5.98. The van der Waals surface area contributed by atoms with Crippen LogP contribution in [0.25, 0.3) is 10.9 Å². The summed E-state index contributed by atoms with van der Waals surface area (Å²) < 4.78 is 38.7. The quantitative estimate of drug-likeness (QED) is 0.671. The molecule has 1 aromatic carbocycles. The zero-order valence-corrected chi connectivity index (χ0v) is 10.5. The minimum Gasteiger partial charge on any atom is -0.256 e. The number of nitrogens with zero attached hydrogens (tertiary/aromatic N) is 1. The fourth-order valence-corrected chi connectivity index (χ4v) is 2.06. The van der Waals surface area contributed by atoms with Crippen molar-refractivity contribution in [2.75, 3.05) is 0 Å². The Morgan fingerprint density at radius 3 is 2.17 bits per heavy atom. The van der Waals surface area contributed by atoms with Crippen molar-refractivity contribution in [1.29, 1.82) is 0 Å². The molecule has 0 saturated carbocycles. The van der Waals surface area contributed by atoms with Crippen LogP contribution >= 0.6 is 0 Å². The number of fused-ring (bicyclic) bond motifs is 1. The van der Waals surface area contributed by atoms with Gasteiger partial charge >= 0.3 is 6.18 Å². The van der Waals surface area contributed by atoms with Gasteiger partial charge in [0.1, 0.15) is 0 Å². The fraction of sp³-hybridized carbons (Fsp3) is 0.357. The number of hydrogen-bond acceptors (Lipinski definition) is 1. The van der Waals surface area contributed by atoms with Crippen LogP contribution in [0, 0.1) is 0 Å². The van der Waals surface area contributed by atoms with E-state index in [0.717, 1.165) is 11.6 Å². The molecule has 0 fully saturated rings. The van der Waals surface area contributed by atoms with Gasteiger partial charge in [0.15, 0.2) is 0 Å². The second-order valence-corrected chi connectivity index (χ2v) is 5.31. The molecule has 96 valence electrons. The fourth-order valence-electron chi connectivity index (χ4n) is 2.06. The smallest absolute Gasteiger partial charge is 0.256 e. The molecule has 0 aliphatic heterocycles. The van der Waals surface area contributed by atoms with Crippen molar-refractivity contribution in [3.05, 3.63) is 41.6 Å². The van der Waals surface area contributed by atoms with E-state index in [-0.39, 0.29) is 10.9 Å². The topological polar surface area (TPSA) is 12.9 Å². The number of benzene rings is 1. The molecule has 0 radical (unpaired) electrons. The zero-order chi connectivity index (χ0) is 13.6. The Morgan fingerprint density at radius 2 is 1.61 bits per heavy atom. The third-order valence-electron chi connectivity index (χ3n) is 2.88. The third-order valence-corrected chi connectivity index (χ3v) is 2.88. The molecule has 0 amide bonds. The predicted octanol–water partition coefficient (Wildman–Crippen LogP) is 4.55. The maximum Gasteiger partial charge on any atom is 0.418 e. The molecule has 0 N–H and O–H groups in total. The summed E-state index contributed by atoms with van der Waals surface area (Å²) in [7, 11) is 0. The molecule has 0 aliphatic carbocycles. The van der Waals surface area contributed by atoms with Crippen molar-refractivity contribution in [2.45, 2.75) is 32.4 Å². The lowest BCUT2D eigenvalue weighted by molar-refractivity contribution is -0.136. The van der Waals surface area contributed by atoms with E-state index in [1.807, 2.05) is 20.8 Å². The highest BCUT2D eigenvalue weighted by atomic mass is 19.4. The van der Waals surface area contributed by atoms with Gasteiger partial charge in [0, 0.05) is 11.6 Å². The van der Waals surface area contributed by atoms with Gasteiger partial charge in [0.05, 0.1) is 11.1 Å². The molecular formula is C14H14F3N. The van der Waals surface area contributed by atoms with Gasteiger partial charge in [-0.1, -0.05) is 32.9 Å². The Balaban J connectivity index is 2.82. The first-order valence-corrected chi connectivity index (χ1v) is 5.66. The summed E-state index contributed by atoms with van der Waals surface area (Å²) in [6.07, 6.45) is -2.93. The largest absolute Gasteiger partial charge is 0.418 e. The highest BCUT2D eigenvalue weighted by molar-refractivity contribution is 5.86. The van der Waals surface area contributed by atoms with Crippen molar-refractivity contribution in [3.8, 4) is 0 Å². The molecule has 0 bridgehead atoms. The minimum absolute atomic E-state index is 0.0254. The van der Waals surface area contributed by atoms with E-state index < -0.39 is 11.7 Å². The Bertz CT molecular complexity index is 526. The molecule has 1 heterocycles. The van der Waals surface area contributed by atoms with Crippen molar-refractivity contribution >= 4 is 10.9 Å². The van der Waals surface area contributed by atoms with Gasteiger partial charge in [-0.3, -0.25) is 4.98 Å². The summed E-state index contributed by atoms with van der Waals surface area (Å²) in [6.45, 7) is 5.92. The Kier molecular flexibility index (Phi) is 2.84. The second-order valence-electron chi connectivity index (χ2n) is 5.31. The van der Waals surface area contributed by atoms with E-state index >= 15 is 0 Å². The van der Waals surface area contributed by atoms with Gasteiger partial charge < -0.3 is 0 Å². The Morgan fingerprint density at radius 1 is 0.944 bits per heavy atom. The monoisotopic (exact) mass is 253 g/mol. The lowest BCUT2D eigenvalue weighted by atomic mass is 9.84. The van der Waals surface area contributed by atoms with Crippen molar-refractivity contribution in [1.82, 2.24) is 4.98 Å². The standard InChI is InChI=1S/C14H14F3N/c1-13(2,3)10-7-8-18-12-9(10)5-4-6-11(12)14(15,16)17/h4-8H,1-3H3. The van der Waals surface area contributed by atoms with E-state index in [9.17, 15) is 13.2 Å². The molecule has 2 rings (SSSR count). The third kappa shape index (κ3) is 2.19. The number of rotatable bonds is 0. The molecule has 1 nitrogen and oxygen atoms in total. The van der Waals surface area contributed by atoms with Crippen molar-refractivity contribution in [3.63, 3.8) is 0 Å². The number of alkyl halides is 3. The number of para-hydroxylation sites is 1. The van der Waals surface area contributed by atoms with Gasteiger partial charge in [0.2, 0.25) is 0 Å².